The number of carbonyl (C=O) groups excluding carboxylic acids is 2. The Labute approximate surface area is 143 Å². The monoisotopic (exact) mass is 343 g/mol. The molecule has 0 saturated carbocycles. The molecule has 6 heteroatoms. The van der Waals surface area contributed by atoms with E-state index in [4.69, 9.17) is 21.1 Å². The Kier molecular flexibility index (Phi) is 4.53. The van der Waals surface area contributed by atoms with Gasteiger partial charge in [0.25, 0.3) is 5.91 Å². The predicted octanol–water partition coefficient (Wildman–Crippen LogP) is 3.80. The van der Waals surface area contributed by atoms with Gasteiger partial charge in [0, 0.05) is 16.6 Å². The summed E-state index contributed by atoms with van der Waals surface area (Å²) < 4.78 is 11.6. The number of aromatic nitrogens is 1. The zero-order valence-corrected chi connectivity index (χ0v) is 13.6. The van der Waals surface area contributed by atoms with Crippen LogP contribution in [0.1, 0.15) is 15.2 Å². The minimum atomic E-state index is -0.492. The highest BCUT2D eigenvalue weighted by atomic mass is 35.5. The van der Waals surface area contributed by atoms with Crippen molar-refractivity contribution in [2.45, 2.75) is 0 Å². The van der Waals surface area contributed by atoms with Gasteiger partial charge in [0.05, 0.1) is 18.2 Å². The highest BCUT2D eigenvalue weighted by Gasteiger charge is 2.18. The van der Waals surface area contributed by atoms with Crippen molar-refractivity contribution in [3.05, 3.63) is 65.3 Å². The molecule has 0 atom stereocenters. The molecule has 0 bridgehead atoms. The summed E-state index contributed by atoms with van der Waals surface area (Å²) >= 11 is 5.89. The van der Waals surface area contributed by atoms with Crippen molar-refractivity contribution in [3.8, 4) is 5.75 Å². The molecule has 0 N–H and O–H groups in total. The second kappa shape index (κ2) is 6.76. The number of methoxy groups -OCH3 is 1. The van der Waals surface area contributed by atoms with Crippen molar-refractivity contribution in [2.24, 2.45) is 0 Å². The number of nitrogens with zero attached hydrogens (tertiary/aromatic N) is 1. The molecule has 0 saturated heterocycles. The third kappa shape index (κ3) is 3.12. The van der Waals surface area contributed by atoms with Crippen molar-refractivity contribution in [3.63, 3.8) is 0 Å². The summed E-state index contributed by atoms with van der Waals surface area (Å²) in [5, 5.41) is 1.18. The number of halogens is 1. The number of hydrogen-bond donors (Lipinski definition) is 0. The first-order valence-corrected chi connectivity index (χ1v) is 7.58. The molecule has 0 aliphatic heterocycles. The number of ether oxygens (including phenoxy) is 2. The molecule has 0 aliphatic rings. The summed E-state index contributed by atoms with van der Waals surface area (Å²) in [6.07, 6.45) is 1.47. The van der Waals surface area contributed by atoms with Crippen LogP contribution in [0.25, 0.3) is 10.9 Å². The largest absolute Gasteiger partial charge is 0.484 e. The Bertz CT molecular complexity index is 916. The van der Waals surface area contributed by atoms with Crippen molar-refractivity contribution in [1.82, 2.24) is 4.57 Å². The Morgan fingerprint density at radius 2 is 1.92 bits per heavy atom. The molecular formula is C18H14ClNO4. The van der Waals surface area contributed by atoms with E-state index in [0.717, 1.165) is 0 Å². The van der Waals surface area contributed by atoms with E-state index in [-0.39, 0.29) is 12.5 Å². The molecule has 0 unspecified atom stereocenters. The van der Waals surface area contributed by atoms with Crippen LogP contribution in [-0.2, 0) is 4.74 Å². The highest BCUT2D eigenvalue weighted by molar-refractivity contribution is 6.30. The molecule has 0 radical (unpaired) electrons. The van der Waals surface area contributed by atoms with Crippen LogP contribution in [0, 0.1) is 0 Å². The average Bonchev–Trinajstić information content (AvgIpc) is 2.99. The summed E-state index contributed by atoms with van der Waals surface area (Å²) in [5.74, 6) is -0.296. The lowest BCUT2D eigenvalue weighted by atomic mass is 10.2. The van der Waals surface area contributed by atoms with E-state index in [0.29, 0.717) is 27.2 Å². The van der Waals surface area contributed by atoms with Gasteiger partial charge in [-0.2, -0.15) is 0 Å². The van der Waals surface area contributed by atoms with Crippen LogP contribution in [0.15, 0.2) is 54.7 Å². The fraction of sp³-hybridized carbons (Fsp3) is 0.111. The van der Waals surface area contributed by atoms with Gasteiger partial charge in [-0.15, -0.1) is 0 Å². The lowest BCUT2D eigenvalue weighted by Crippen LogP contribution is -2.18. The van der Waals surface area contributed by atoms with E-state index in [1.807, 2.05) is 0 Å². The normalized spacial score (nSPS) is 10.6. The van der Waals surface area contributed by atoms with Gasteiger partial charge >= 0.3 is 5.97 Å². The molecule has 1 aromatic heterocycles. The Morgan fingerprint density at radius 3 is 2.67 bits per heavy atom. The minimum Gasteiger partial charge on any atom is -0.484 e. The molecule has 3 aromatic rings. The SMILES string of the molecule is COC(=O)c1cn(C(=O)COc2cccc(Cl)c2)c2ccccc12. The van der Waals surface area contributed by atoms with Crippen LogP contribution >= 0.6 is 11.6 Å². The number of fused-ring (bicyclic) bond motifs is 1. The van der Waals surface area contributed by atoms with E-state index in [1.54, 1.807) is 48.5 Å². The fourth-order valence-electron chi connectivity index (χ4n) is 2.43. The summed E-state index contributed by atoms with van der Waals surface area (Å²) in [6, 6.07) is 13.9. The number of hydrogen-bond acceptors (Lipinski definition) is 4. The summed E-state index contributed by atoms with van der Waals surface area (Å²) in [7, 11) is 1.30. The third-order valence-electron chi connectivity index (χ3n) is 3.54. The zero-order valence-electron chi connectivity index (χ0n) is 12.9. The predicted molar refractivity (Wildman–Crippen MR) is 90.9 cm³/mol. The van der Waals surface area contributed by atoms with Gasteiger partial charge in [-0.25, -0.2) is 4.79 Å². The summed E-state index contributed by atoms with van der Waals surface area (Å²) in [6.45, 7) is -0.181. The Hall–Kier alpha value is -2.79. The van der Waals surface area contributed by atoms with Crippen LogP contribution in [0.5, 0.6) is 5.75 Å². The highest BCUT2D eigenvalue weighted by Crippen LogP contribution is 2.22. The number of para-hydroxylation sites is 1. The molecule has 3 rings (SSSR count). The molecule has 0 spiro atoms. The lowest BCUT2D eigenvalue weighted by Gasteiger charge is -2.07. The molecule has 0 fully saturated rings. The van der Waals surface area contributed by atoms with Crippen molar-refractivity contribution in [2.75, 3.05) is 13.7 Å². The second-order valence-electron chi connectivity index (χ2n) is 5.06. The molecule has 0 amide bonds. The van der Waals surface area contributed by atoms with Gasteiger partial charge in [0.1, 0.15) is 5.75 Å². The second-order valence-corrected chi connectivity index (χ2v) is 5.50. The van der Waals surface area contributed by atoms with E-state index in [1.165, 1.54) is 17.9 Å². The van der Waals surface area contributed by atoms with Gasteiger partial charge in [-0.3, -0.25) is 9.36 Å². The smallest absolute Gasteiger partial charge is 0.340 e. The van der Waals surface area contributed by atoms with Crippen molar-refractivity contribution < 1.29 is 19.1 Å². The first kappa shape index (κ1) is 16.1. The molecule has 24 heavy (non-hydrogen) atoms. The quantitative estimate of drug-likeness (QED) is 0.676. The van der Waals surface area contributed by atoms with E-state index >= 15 is 0 Å². The van der Waals surface area contributed by atoms with Crippen molar-refractivity contribution >= 4 is 34.4 Å². The van der Waals surface area contributed by atoms with Crippen LogP contribution in [0.2, 0.25) is 5.02 Å². The van der Waals surface area contributed by atoms with Crippen molar-refractivity contribution in [1.29, 1.82) is 0 Å². The number of carbonyl (C=O) groups is 2. The van der Waals surface area contributed by atoms with E-state index in [9.17, 15) is 9.59 Å². The number of esters is 1. The van der Waals surface area contributed by atoms with Crippen LogP contribution in [0.4, 0.5) is 0 Å². The van der Waals surface area contributed by atoms with Gasteiger partial charge in [0.2, 0.25) is 0 Å². The zero-order chi connectivity index (χ0) is 17.1. The van der Waals surface area contributed by atoms with Gasteiger partial charge in [0.15, 0.2) is 6.61 Å². The molecule has 0 aliphatic carbocycles. The topological polar surface area (TPSA) is 57.5 Å². The van der Waals surface area contributed by atoms with Crippen LogP contribution in [0.3, 0.4) is 0 Å². The number of rotatable bonds is 4. The average molecular weight is 344 g/mol. The minimum absolute atomic E-state index is 0.181. The summed E-state index contributed by atoms with van der Waals surface area (Å²) in [5.41, 5.74) is 0.960. The van der Waals surface area contributed by atoms with Crippen LogP contribution in [-0.4, -0.2) is 30.2 Å². The van der Waals surface area contributed by atoms with Crippen LogP contribution < -0.4 is 4.74 Å². The molecule has 122 valence electrons. The summed E-state index contributed by atoms with van der Waals surface area (Å²) in [4.78, 5) is 24.4. The molecule has 1 heterocycles. The maximum Gasteiger partial charge on any atom is 0.340 e. The van der Waals surface area contributed by atoms with Gasteiger partial charge < -0.3 is 9.47 Å². The lowest BCUT2D eigenvalue weighted by molar-refractivity contribution is 0.0603. The first-order valence-electron chi connectivity index (χ1n) is 7.20. The third-order valence-corrected chi connectivity index (χ3v) is 3.78. The Balaban J connectivity index is 1.88. The standard InChI is InChI=1S/C18H14ClNO4/c1-23-18(22)15-10-20(16-8-3-2-7-14(15)16)17(21)11-24-13-6-4-5-12(19)9-13/h2-10H,11H2,1H3. The van der Waals surface area contributed by atoms with E-state index in [2.05, 4.69) is 0 Å². The molecule has 2 aromatic carbocycles. The Morgan fingerprint density at radius 1 is 1.12 bits per heavy atom. The van der Waals surface area contributed by atoms with E-state index < -0.39 is 5.97 Å². The molecular weight excluding hydrogens is 330 g/mol. The first-order chi connectivity index (χ1) is 11.6. The van der Waals surface area contributed by atoms with Gasteiger partial charge in [-0.05, 0) is 24.3 Å². The van der Waals surface area contributed by atoms with Gasteiger partial charge in [-0.1, -0.05) is 35.9 Å². The fourth-order valence-corrected chi connectivity index (χ4v) is 2.61. The maximum absolute atomic E-state index is 12.5. The number of benzene rings is 2. The molecule has 5 nitrogen and oxygen atoms in total. The maximum atomic E-state index is 12.5.